The maximum Gasteiger partial charge on any atom is 0.251 e. The molecule has 1 aromatic heterocycles. The smallest absolute Gasteiger partial charge is 0.251 e. The highest BCUT2D eigenvalue weighted by molar-refractivity contribution is 7.89. The number of hydrogen-bond donors (Lipinski definition) is 2. The molecule has 2 rings (SSSR count). The van der Waals surface area contributed by atoms with Crippen molar-refractivity contribution < 1.29 is 17.9 Å². The SMILES string of the molecule is COc1ccc(C(=O)NCc2ccsc2)cc1S(=O)(=O)NC(C)(C)C. The number of ether oxygens (including phenoxy) is 1. The van der Waals surface area contributed by atoms with Crippen molar-refractivity contribution in [1.82, 2.24) is 10.0 Å². The summed E-state index contributed by atoms with van der Waals surface area (Å²) in [4.78, 5) is 12.3. The molecular weight excluding hydrogens is 360 g/mol. The molecule has 1 amide bonds. The molecule has 0 fully saturated rings. The highest BCUT2D eigenvalue weighted by Gasteiger charge is 2.26. The van der Waals surface area contributed by atoms with E-state index in [1.54, 1.807) is 32.1 Å². The van der Waals surface area contributed by atoms with E-state index in [4.69, 9.17) is 4.74 Å². The highest BCUT2D eigenvalue weighted by Crippen LogP contribution is 2.26. The molecule has 0 saturated carbocycles. The third-order valence-electron chi connectivity index (χ3n) is 3.19. The van der Waals surface area contributed by atoms with Gasteiger partial charge in [-0.1, -0.05) is 0 Å². The van der Waals surface area contributed by atoms with E-state index in [1.165, 1.54) is 25.3 Å². The summed E-state index contributed by atoms with van der Waals surface area (Å²) >= 11 is 1.55. The van der Waals surface area contributed by atoms with Crippen LogP contribution in [0, 0.1) is 0 Å². The molecule has 0 aliphatic heterocycles. The van der Waals surface area contributed by atoms with Crippen LogP contribution in [-0.4, -0.2) is 27.0 Å². The average molecular weight is 383 g/mol. The van der Waals surface area contributed by atoms with Crippen molar-refractivity contribution in [2.75, 3.05) is 7.11 Å². The third-order valence-corrected chi connectivity index (χ3v) is 5.70. The van der Waals surface area contributed by atoms with Crippen LogP contribution in [0.1, 0.15) is 36.7 Å². The van der Waals surface area contributed by atoms with E-state index in [2.05, 4.69) is 10.0 Å². The molecule has 0 saturated heterocycles. The second-order valence-corrected chi connectivity index (χ2v) is 8.97. The van der Waals surface area contributed by atoms with Crippen molar-refractivity contribution >= 4 is 27.3 Å². The molecule has 0 spiro atoms. The van der Waals surface area contributed by atoms with Crippen LogP contribution in [0.3, 0.4) is 0 Å². The quantitative estimate of drug-likeness (QED) is 0.805. The summed E-state index contributed by atoms with van der Waals surface area (Å²) in [6, 6.07) is 6.27. The Morgan fingerprint density at radius 2 is 1.96 bits per heavy atom. The number of carbonyl (C=O) groups excluding carboxylic acids is 1. The lowest BCUT2D eigenvalue weighted by Gasteiger charge is -2.21. The first kappa shape index (κ1) is 19.4. The highest BCUT2D eigenvalue weighted by atomic mass is 32.2. The topological polar surface area (TPSA) is 84.5 Å². The van der Waals surface area contributed by atoms with Gasteiger partial charge in [-0.25, -0.2) is 13.1 Å². The maximum absolute atomic E-state index is 12.6. The first-order chi connectivity index (χ1) is 11.6. The normalized spacial score (nSPS) is 12.0. The van der Waals surface area contributed by atoms with E-state index in [9.17, 15) is 13.2 Å². The number of sulfonamides is 1. The summed E-state index contributed by atoms with van der Waals surface area (Å²) in [5, 5.41) is 6.65. The largest absolute Gasteiger partial charge is 0.495 e. The predicted molar refractivity (Wildman–Crippen MR) is 98.6 cm³/mol. The molecule has 0 radical (unpaired) electrons. The first-order valence-corrected chi connectivity index (χ1v) is 10.1. The molecule has 25 heavy (non-hydrogen) atoms. The zero-order valence-electron chi connectivity index (χ0n) is 14.6. The van der Waals surface area contributed by atoms with Crippen LogP contribution in [0.5, 0.6) is 5.75 Å². The van der Waals surface area contributed by atoms with Crippen molar-refractivity contribution in [1.29, 1.82) is 0 Å². The Morgan fingerprint density at radius 1 is 1.24 bits per heavy atom. The number of nitrogens with one attached hydrogen (secondary N) is 2. The van der Waals surface area contributed by atoms with E-state index in [0.717, 1.165) is 5.56 Å². The van der Waals surface area contributed by atoms with E-state index in [-0.39, 0.29) is 22.1 Å². The van der Waals surface area contributed by atoms with E-state index < -0.39 is 15.6 Å². The van der Waals surface area contributed by atoms with Gasteiger partial charge < -0.3 is 10.1 Å². The number of thiophene rings is 1. The van der Waals surface area contributed by atoms with Crippen LogP contribution in [0.4, 0.5) is 0 Å². The third kappa shape index (κ3) is 5.29. The minimum Gasteiger partial charge on any atom is -0.495 e. The fraction of sp³-hybridized carbons (Fsp3) is 0.353. The lowest BCUT2D eigenvalue weighted by molar-refractivity contribution is 0.0950. The standard InChI is InChI=1S/C17H22N2O4S2/c1-17(2,3)19-25(21,22)15-9-13(5-6-14(15)23-4)16(20)18-10-12-7-8-24-11-12/h5-9,11,19H,10H2,1-4H3,(H,18,20). The lowest BCUT2D eigenvalue weighted by atomic mass is 10.1. The Bertz CT molecular complexity index is 838. The summed E-state index contributed by atoms with van der Waals surface area (Å²) in [5.74, 6) is -0.160. The molecule has 0 unspecified atom stereocenters. The minimum absolute atomic E-state index is 0.0619. The number of benzene rings is 1. The van der Waals surface area contributed by atoms with Gasteiger partial charge in [0.1, 0.15) is 10.6 Å². The Hall–Kier alpha value is -1.90. The van der Waals surface area contributed by atoms with E-state index in [1.807, 2.05) is 16.8 Å². The zero-order valence-corrected chi connectivity index (χ0v) is 16.3. The molecule has 6 nitrogen and oxygen atoms in total. The van der Waals surface area contributed by atoms with Gasteiger partial charge in [-0.05, 0) is 61.4 Å². The van der Waals surface area contributed by atoms with Gasteiger partial charge in [0.25, 0.3) is 5.91 Å². The van der Waals surface area contributed by atoms with E-state index >= 15 is 0 Å². The average Bonchev–Trinajstić information content (AvgIpc) is 3.03. The molecular formula is C17H22N2O4S2. The first-order valence-electron chi connectivity index (χ1n) is 7.64. The van der Waals surface area contributed by atoms with Crippen molar-refractivity contribution in [3.8, 4) is 5.75 Å². The van der Waals surface area contributed by atoms with Gasteiger partial charge in [0.05, 0.1) is 7.11 Å². The van der Waals surface area contributed by atoms with Gasteiger partial charge in [0.2, 0.25) is 10.0 Å². The molecule has 1 aromatic carbocycles. The second-order valence-electron chi connectivity index (χ2n) is 6.54. The maximum atomic E-state index is 12.6. The number of methoxy groups -OCH3 is 1. The van der Waals surface area contributed by atoms with Crippen LogP contribution in [0.25, 0.3) is 0 Å². The minimum atomic E-state index is -3.83. The molecule has 136 valence electrons. The lowest BCUT2D eigenvalue weighted by Crippen LogP contribution is -2.40. The van der Waals surface area contributed by atoms with Crippen molar-refractivity contribution in [3.63, 3.8) is 0 Å². The molecule has 0 atom stereocenters. The monoisotopic (exact) mass is 382 g/mol. The number of hydrogen-bond acceptors (Lipinski definition) is 5. The van der Waals surface area contributed by atoms with Gasteiger partial charge in [0, 0.05) is 17.6 Å². The zero-order chi connectivity index (χ0) is 18.7. The van der Waals surface area contributed by atoms with Crippen molar-refractivity contribution in [2.24, 2.45) is 0 Å². The van der Waals surface area contributed by atoms with Crippen LogP contribution in [0.2, 0.25) is 0 Å². The van der Waals surface area contributed by atoms with Crippen LogP contribution < -0.4 is 14.8 Å². The molecule has 1 heterocycles. The van der Waals surface area contributed by atoms with Crippen molar-refractivity contribution in [2.45, 2.75) is 37.8 Å². The number of carbonyl (C=O) groups is 1. The van der Waals surface area contributed by atoms with Gasteiger partial charge in [-0.15, -0.1) is 0 Å². The van der Waals surface area contributed by atoms with Gasteiger partial charge in [0.15, 0.2) is 0 Å². The predicted octanol–water partition coefficient (Wildman–Crippen LogP) is 2.76. The Kier molecular flexibility index (Phi) is 5.87. The number of rotatable bonds is 6. The van der Waals surface area contributed by atoms with Crippen LogP contribution in [0.15, 0.2) is 39.9 Å². The molecule has 8 heteroatoms. The van der Waals surface area contributed by atoms with Gasteiger partial charge in [-0.3, -0.25) is 4.79 Å². The molecule has 0 aliphatic carbocycles. The second kappa shape index (κ2) is 7.55. The van der Waals surface area contributed by atoms with Crippen molar-refractivity contribution in [3.05, 3.63) is 46.2 Å². The summed E-state index contributed by atoms with van der Waals surface area (Å²) in [7, 11) is -2.44. The van der Waals surface area contributed by atoms with Crippen LogP contribution in [-0.2, 0) is 16.6 Å². The summed E-state index contributed by atoms with van der Waals surface area (Å²) in [6.07, 6.45) is 0. The van der Waals surface area contributed by atoms with Crippen LogP contribution >= 0.6 is 11.3 Å². The van der Waals surface area contributed by atoms with E-state index in [0.29, 0.717) is 6.54 Å². The number of amides is 1. The molecule has 0 bridgehead atoms. The Labute approximate surface area is 152 Å². The molecule has 2 N–H and O–H groups in total. The summed E-state index contributed by atoms with van der Waals surface area (Å²) in [6.45, 7) is 5.62. The Morgan fingerprint density at radius 3 is 2.52 bits per heavy atom. The summed E-state index contributed by atoms with van der Waals surface area (Å²) < 4.78 is 33.0. The van der Waals surface area contributed by atoms with Gasteiger partial charge in [-0.2, -0.15) is 11.3 Å². The molecule has 0 aliphatic rings. The fourth-order valence-electron chi connectivity index (χ4n) is 2.16. The fourth-order valence-corrected chi connectivity index (χ4v) is 4.45. The Balaban J connectivity index is 2.28. The summed E-state index contributed by atoms with van der Waals surface area (Å²) in [5.41, 5.74) is 0.598. The molecule has 2 aromatic rings. The van der Waals surface area contributed by atoms with Gasteiger partial charge >= 0.3 is 0 Å².